The second-order valence-corrected chi connectivity index (χ2v) is 9.47. The standard InChI is InChI=1S/C24H24N2O6S/c1-17(23(27)26-13-5-9-18-7-2-3-12-22(18)26)32-24(28)19-8-4-11-21(15-19)33(29,30)25-16-20-10-6-14-31-20/h2-4,6-8,10-12,14-15,17,25H,5,9,13,16H2,1H3. The fourth-order valence-electron chi connectivity index (χ4n) is 3.71. The number of nitrogens with one attached hydrogen (secondary N) is 1. The van der Waals surface area contributed by atoms with E-state index in [4.69, 9.17) is 9.15 Å². The molecular weight excluding hydrogens is 444 g/mol. The highest BCUT2D eigenvalue weighted by Gasteiger charge is 2.29. The molecule has 1 atom stereocenters. The molecule has 3 aromatic rings. The number of esters is 1. The summed E-state index contributed by atoms with van der Waals surface area (Å²) in [6.07, 6.45) is 2.14. The Morgan fingerprint density at radius 2 is 1.94 bits per heavy atom. The number of para-hydroxylation sites is 1. The number of benzene rings is 2. The lowest BCUT2D eigenvalue weighted by atomic mass is 10.0. The van der Waals surface area contributed by atoms with Gasteiger partial charge in [0.05, 0.1) is 23.3 Å². The molecule has 1 aromatic heterocycles. The van der Waals surface area contributed by atoms with Gasteiger partial charge in [-0.05, 0) is 61.7 Å². The van der Waals surface area contributed by atoms with E-state index in [1.54, 1.807) is 17.0 Å². The summed E-state index contributed by atoms with van der Waals surface area (Å²) in [6.45, 7) is 2.04. The van der Waals surface area contributed by atoms with Crippen molar-refractivity contribution in [3.63, 3.8) is 0 Å². The average molecular weight is 469 g/mol. The van der Waals surface area contributed by atoms with E-state index < -0.39 is 22.1 Å². The fourth-order valence-corrected chi connectivity index (χ4v) is 4.75. The maximum Gasteiger partial charge on any atom is 0.338 e. The van der Waals surface area contributed by atoms with Crippen LogP contribution in [0.1, 0.15) is 35.0 Å². The van der Waals surface area contributed by atoms with E-state index in [2.05, 4.69) is 4.72 Å². The molecule has 172 valence electrons. The molecule has 4 rings (SSSR count). The van der Waals surface area contributed by atoms with Crippen LogP contribution < -0.4 is 9.62 Å². The van der Waals surface area contributed by atoms with Crippen molar-refractivity contribution in [3.8, 4) is 0 Å². The predicted molar refractivity (Wildman–Crippen MR) is 121 cm³/mol. The van der Waals surface area contributed by atoms with E-state index in [1.807, 2.05) is 24.3 Å². The number of anilines is 1. The summed E-state index contributed by atoms with van der Waals surface area (Å²) in [6, 6.07) is 16.5. The Morgan fingerprint density at radius 1 is 1.12 bits per heavy atom. The number of hydrogen-bond donors (Lipinski definition) is 1. The van der Waals surface area contributed by atoms with E-state index in [1.165, 1.54) is 37.5 Å². The Hall–Kier alpha value is -3.43. The molecule has 0 radical (unpaired) electrons. The van der Waals surface area contributed by atoms with Crippen LogP contribution in [0.5, 0.6) is 0 Å². The highest BCUT2D eigenvalue weighted by atomic mass is 32.2. The summed E-state index contributed by atoms with van der Waals surface area (Å²) in [5.41, 5.74) is 1.94. The minimum absolute atomic E-state index is 0.0210. The Morgan fingerprint density at radius 3 is 2.73 bits per heavy atom. The monoisotopic (exact) mass is 468 g/mol. The summed E-state index contributed by atoms with van der Waals surface area (Å²) in [4.78, 5) is 27.2. The van der Waals surface area contributed by atoms with Crippen molar-refractivity contribution < 1.29 is 27.2 Å². The van der Waals surface area contributed by atoms with Gasteiger partial charge in [0.15, 0.2) is 6.10 Å². The average Bonchev–Trinajstić information content (AvgIpc) is 3.36. The second kappa shape index (κ2) is 9.60. The summed E-state index contributed by atoms with van der Waals surface area (Å²) >= 11 is 0. The molecule has 0 bridgehead atoms. The number of fused-ring (bicyclic) bond motifs is 1. The Bertz CT molecular complexity index is 1250. The lowest BCUT2D eigenvalue weighted by Gasteiger charge is -2.31. The number of furan rings is 1. The quantitative estimate of drug-likeness (QED) is 0.534. The molecule has 1 N–H and O–H groups in total. The largest absolute Gasteiger partial charge is 0.468 e. The smallest absolute Gasteiger partial charge is 0.338 e. The van der Waals surface area contributed by atoms with Gasteiger partial charge in [-0.2, -0.15) is 0 Å². The Kier molecular flexibility index (Phi) is 6.62. The molecule has 1 amide bonds. The third-order valence-corrected chi connectivity index (χ3v) is 6.80. The van der Waals surface area contributed by atoms with Crippen LogP contribution in [0.3, 0.4) is 0 Å². The number of aryl methyl sites for hydroxylation is 1. The molecule has 0 saturated carbocycles. The lowest BCUT2D eigenvalue weighted by molar-refractivity contribution is -0.126. The van der Waals surface area contributed by atoms with Gasteiger partial charge in [0, 0.05) is 12.2 Å². The minimum atomic E-state index is -3.88. The summed E-state index contributed by atoms with van der Waals surface area (Å²) < 4.78 is 38.1. The molecule has 8 nitrogen and oxygen atoms in total. The number of amides is 1. The van der Waals surface area contributed by atoms with Crippen molar-refractivity contribution in [2.75, 3.05) is 11.4 Å². The number of hydrogen-bond acceptors (Lipinski definition) is 6. The molecule has 0 aliphatic carbocycles. The van der Waals surface area contributed by atoms with Gasteiger partial charge >= 0.3 is 5.97 Å². The van der Waals surface area contributed by atoms with Crippen LogP contribution in [-0.4, -0.2) is 32.9 Å². The van der Waals surface area contributed by atoms with E-state index in [-0.39, 0.29) is 22.9 Å². The van der Waals surface area contributed by atoms with E-state index >= 15 is 0 Å². The van der Waals surface area contributed by atoms with Crippen LogP contribution >= 0.6 is 0 Å². The molecule has 1 aliphatic rings. The topological polar surface area (TPSA) is 106 Å². The minimum Gasteiger partial charge on any atom is -0.468 e. The third kappa shape index (κ3) is 5.15. The zero-order valence-corrected chi connectivity index (χ0v) is 18.9. The van der Waals surface area contributed by atoms with Crippen molar-refractivity contribution in [1.82, 2.24) is 4.72 Å². The first-order valence-electron chi connectivity index (χ1n) is 10.6. The van der Waals surface area contributed by atoms with Crippen molar-refractivity contribution in [2.24, 2.45) is 0 Å². The molecule has 9 heteroatoms. The fraction of sp³-hybridized carbons (Fsp3) is 0.250. The second-order valence-electron chi connectivity index (χ2n) is 7.70. The van der Waals surface area contributed by atoms with Gasteiger partial charge in [-0.3, -0.25) is 4.79 Å². The molecule has 0 fully saturated rings. The molecule has 0 saturated heterocycles. The number of carbonyl (C=O) groups is 2. The van der Waals surface area contributed by atoms with Crippen molar-refractivity contribution in [3.05, 3.63) is 83.8 Å². The van der Waals surface area contributed by atoms with Crippen LogP contribution in [0.4, 0.5) is 5.69 Å². The van der Waals surface area contributed by atoms with Crippen LogP contribution in [0.15, 0.2) is 76.2 Å². The van der Waals surface area contributed by atoms with Gasteiger partial charge in [0.1, 0.15) is 5.76 Å². The van der Waals surface area contributed by atoms with Gasteiger partial charge in [0.25, 0.3) is 5.91 Å². The normalized spacial score (nSPS) is 14.4. The number of rotatable bonds is 7. The van der Waals surface area contributed by atoms with E-state index in [0.29, 0.717) is 12.3 Å². The maximum atomic E-state index is 13.0. The molecule has 2 heterocycles. The first kappa shape index (κ1) is 22.8. The van der Waals surface area contributed by atoms with E-state index in [0.717, 1.165) is 24.1 Å². The predicted octanol–water partition coefficient (Wildman–Crippen LogP) is 3.28. The number of carbonyl (C=O) groups excluding carboxylic acids is 2. The number of sulfonamides is 1. The molecule has 2 aromatic carbocycles. The summed E-state index contributed by atoms with van der Waals surface area (Å²) in [5, 5.41) is 0. The Labute approximate surface area is 192 Å². The first-order chi connectivity index (χ1) is 15.8. The van der Waals surface area contributed by atoms with Gasteiger partial charge in [-0.25, -0.2) is 17.9 Å². The highest BCUT2D eigenvalue weighted by molar-refractivity contribution is 7.89. The lowest BCUT2D eigenvalue weighted by Crippen LogP contribution is -2.42. The molecular formula is C24H24N2O6S. The SMILES string of the molecule is CC(OC(=O)c1cccc(S(=O)(=O)NCc2ccco2)c1)C(=O)N1CCCc2ccccc21. The van der Waals surface area contributed by atoms with Crippen LogP contribution in [0.25, 0.3) is 0 Å². The van der Waals surface area contributed by atoms with Crippen LogP contribution in [0, 0.1) is 0 Å². The number of ether oxygens (including phenoxy) is 1. The Balaban J connectivity index is 1.44. The summed E-state index contributed by atoms with van der Waals surface area (Å²) in [7, 11) is -3.88. The van der Waals surface area contributed by atoms with Crippen LogP contribution in [0.2, 0.25) is 0 Å². The van der Waals surface area contributed by atoms with Gasteiger partial charge in [-0.1, -0.05) is 24.3 Å². The molecule has 0 spiro atoms. The maximum absolute atomic E-state index is 13.0. The van der Waals surface area contributed by atoms with Gasteiger partial charge in [0.2, 0.25) is 10.0 Å². The van der Waals surface area contributed by atoms with Crippen molar-refractivity contribution >= 4 is 27.6 Å². The number of nitrogens with zero attached hydrogens (tertiary/aromatic N) is 1. The van der Waals surface area contributed by atoms with Crippen LogP contribution in [-0.2, 0) is 32.5 Å². The molecule has 1 aliphatic heterocycles. The first-order valence-corrected chi connectivity index (χ1v) is 12.1. The third-order valence-electron chi connectivity index (χ3n) is 5.40. The van der Waals surface area contributed by atoms with E-state index in [9.17, 15) is 18.0 Å². The highest BCUT2D eigenvalue weighted by Crippen LogP contribution is 2.27. The zero-order valence-electron chi connectivity index (χ0n) is 18.1. The summed E-state index contributed by atoms with van der Waals surface area (Å²) in [5.74, 6) is -0.635. The van der Waals surface area contributed by atoms with Crippen molar-refractivity contribution in [1.29, 1.82) is 0 Å². The zero-order chi connectivity index (χ0) is 23.4. The molecule has 33 heavy (non-hydrogen) atoms. The van der Waals surface area contributed by atoms with Crippen molar-refractivity contribution in [2.45, 2.75) is 37.3 Å². The molecule has 1 unspecified atom stereocenters. The van der Waals surface area contributed by atoms with Gasteiger partial charge in [-0.15, -0.1) is 0 Å². The van der Waals surface area contributed by atoms with Gasteiger partial charge < -0.3 is 14.1 Å².